The van der Waals surface area contributed by atoms with E-state index < -0.39 is 12.1 Å². The molecular formula is C21H27N3O4. The zero-order chi connectivity index (χ0) is 20.3. The molecule has 28 heavy (non-hydrogen) atoms. The quantitative estimate of drug-likeness (QED) is 0.799. The second-order valence-electron chi connectivity index (χ2n) is 7.44. The largest absolute Gasteiger partial charge is 0.448 e. The van der Waals surface area contributed by atoms with Gasteiger partial charge in [-0.3, -0.25) is 9.59 Å². The fourth-order valence-corrected chi connectivity index (χ4v) is 3.70. The van der Waals surface area contributed by atoms with Crippen LogP contribution >= 0.6 is 0 Å². The van der Waals surface area contributed by atoms with Crippen molar-refractivity contribution in [3.8, 4) is 0 Å². The van der Waals surface area contributed by atoms with Crippen LogP contribution in [0.25, 0.3) is 10.8 Å². The predicted molar refractivity (Wildman–Crippen MR) is 106 cm³/mol. The summed E-state index contributed by atoms with van der Waals surface area (Å²) < 4.78 is 6.62. The standard InChI is InChI=1S/C21H27N3O4/c1-4-24-20(26)16-11-7-6-10-15(16)18(23-24)21(27)28-14(3)19(25)22-17-12-8-5-9-13(17)2/h6-7,10-11,13-14,17H,4-5,8-9,12H2,1-3H3,(H,22,25)/t13-,14-,17+/m1/s1. The smallest absolute Gasteiger partial charge is 0.360 e. The van der Waals surface area contributed by atoms with E-state index >= 15 is 0 Å². The van der Waals surface area contributed by atoms with Gasteiger partial charge in [-0.25, -0.2) is 9.48 Å². The molecule has 3 rings (SSSR count). The Kier molecular flexibility index (Phi) is 6.11. The fourth-order valence-electron chi connectivity index (χ4n) is 3.70. The second-order valence-corrected chi connectivity index (χ2v) is 7.44. The van der Waals surface area contributed by atoms with Gasteiger partial charge in [-0.1, -0.05) is 38.0 Å². The van der Waals surface area contributed by atoms with E-state index in [0.29, 0.717) is 23.2 Å². The second kappa shape index (κ2) is 8.54. The number of carbonyl (C=O) groups is 2. The maximum absolute atomic E-state index is 12.7. The molecule has 1 amide bonds. The number of hydrogen-bond donors (Lipinski definition) is 1. The molecule has 0 spiro atoms. The van der Waals surface area contributed by atoms with Gasteiger partial charge in [-0.05, 0) is 38.7 Å². The van der Waals surface area contributed by atoms with Crippen LogP contribution in [0.3, 0.4) is 0 Å². The molecule has 1 heterocycles. The summed E-state index contributed by atoms with van der Waals surface area (Å²) in [6.07, 6.45) is 3.38. The molecule has 0 bridgehead atoms. The van der Waals surface area contributed by atoms with Crippen molar-refractivity contribution in [1.29, 1.82) is 0 Å². The van der Waals surface area contributed by atoms with Crippen LogP contribution in [0.4, 0.5) is 0 Å². The molecule has 0 aliphatic heterocycles. The molecule has 7 heteroatoms. The molecule has 150 valence electrons. The highest BCUT2D eigenvalue weighted by Crippen LogP contribution is 2.24. The van der Waals surface area contributed by atoms with Gasteiger partial charge in [-0.15, -0.1) is 0 Å². The number of hydrogen-bond acceptors (Lipinski definition) is 5. The summed E-state index contributed by atoms with van der Waals surface area (Å²) in [5.41, 5.74) is -0.213. The monoisotopic (exact) mass is 385 g/mol. The first-order valence-corrected chi connectivity index (χ1v) is 9.93. The zero-order valence-electron chi connectivity index (χ0n) is 16.6. The molecule has 3 atom stereocenters. The normalized spacial score (nSPS) is 20.5. The Labute approximate surface area is 164 Å². The Morgan fingerprint density at radius 3 is 2.61 bits per heavy atom. The van der Waals surface area contributed by atoms with E-state index in [1.54, 1.807) is 38.1 Å². The lowest BCUT2D eigenvalue weighted by molar-refractivity contribution is -0.130. The summed E-state index contributed by atoms with van der Waals surface area (Å²) >= 11 is 0. The molecule has 1 aliphatic rings. The number of benzene rings is 1. The molecular weight excluding hydrogens is 358 g/mol. The summed E-state index contributed by atoms with van der Waals surface area (Å²) in [5, 5.41) is 7.99. The number of nitrogens with zero attached hydrogens (tertiary/aromatic N) is 2. The van der Waals surface area contributed by atoms with Gasteiger partial charge in [0.15, 0.2) is 11.8 Å². The van der Waals surface area contributed by atoms with Crippen LogP contribution in [0.1, 0.15) is 56.9 Å². The number of aromatic nitrogens is 2. The molecule has 1 fully saturated rings. The molecule has 1 aromatic carbocycles. The van der Waals surface area contributed by atoms with Crippen molar-refractivity contribution in [2.75, 3.05) is 0 Å². The maximum atomic E-state index is 12.7. The summed E-state index contributed by atoms with van der Waals surface area (Å²) in [6, 6.07) is 6.90. The number of nitrogens with one attached hydrogen (secondary N) is 1. The van der Waals surface area contributed by atoms with Crippen molar-refractivity contribution >= 4 is 22.6 Å². The Morgan fingerprint density at radius 2 is 1.93 bits per heavy atom. The molecule has 1 aliphatic carbocycles. The minimum absolute atomic E-state index is 0.0442. The number of esters is 1. The number of fused-ring (bicyclic) bond motifs is 1. The maximum Gasteiger partial charge on any atom is 0.360 e. The summed E-state index contributed by atoms with van der Waals surface area (Å²) in [5.74, 6) is -0.600. The number of ether oxygens (including phenoxy) is 1. The zero-order valence-corrected chi connectivity index (χ0v) is 16.6. The third-order valence-electron chi connectivity index (χ3n) is 5.45. The highest BCUT2D eigenvalue weighted by Gasteiger charge is 2.27. The number of amides is 1. The Balaban J connectivity index is 1.78. The first-order valence-electron chi connectivity index (χ1n) is 9.93. The van der Waals surface area contributed by atoms with Crippen LogP contribution < -0.4 is 10.9 Å². The molecule has 1 saturated carbocycles. The number of rotatable bonds is 5. The van der Waals surface area contributed by atoms with E-state index in [2.05, 4.69) is 17.3 Å². The van der Waals surface area contributed by atoms with Crippen molar-refractivity contribution in [1.82, 2.24) is 15.1 Å². The average Bonchev–Trinajstić information content (AvgIpc) is 2.70. The first-order chi connectivity index (χ1) is 13.4. The van der Waals surface area contributed by atoms with Crippen molar-refractivity contribution < 1.29 is 14.3 Å². The number of carbonyl (C=O) groups excluding carboxylic acids is 2. The topological polar surface area (TPSA) is 90.3 Å². The van der Waals surface area contributed by atoms with E-state index in [1.165, 1.54) is 11.1 Å². The average molecular weight is 385 g/mol. The van der Waals surface area contributed by atoms with Gasteiger partial charge in [0.2, 0.25) is 0 Å². The van der Waals surface area contributed by atoms with Crippen LogP contribution in [0.15, 0.2) is 29.1 Å². The SMILES string of the molecule is CCn1nc(C(=O)O[C@H](C)C(=O)N[C@H]2CCCC[C@H]2C)c2ccccc2c1=O. The van der Waals surface area contributed by atoms with Crippen LogP contribution in [0.2, 0.25) is 0 Å². The van der Waals surface area contributed by atoms with Crippen molar-refractivity contribution in [2.45, 2.75) is 65.1 Å². The van der Waals surface area contributed by atoms with Gasteiger partial charge in [0.1, 0.15) is 0 Å². The summed E-state index contributed by atoms with van der Waals surface area (Å²) in [7, 11) is 0. The molecule has 1 N–H and O–H groups in total. The van der Waals surface area contributed by atoms with E-state index in [0.717, 1.165) is 19.3 Å². The molecule has 2 aromatic rings. The van der Waals surface area contributed by atoms with Gasteiger partial charge in [0.05, 0.1) is 5.39 Å². The fraction of sp³-hybridized carbons (Fsp3) is 0.524. The predicted octanol–water partition coefficient (Wildman–Crippen LogP) is 2.66. The van der Waals surface area contributed by atoms with Gasteiger partial charge in [-0.2, -0.15) is 5.10 Å². The van der Waals surface area contributed by atoms with Gasteiger partial charge in [0.25, 0.3) is 11.5 Å². The van der Waals surface area contributed by atoms with Crippen LogP contribution in [0, 0.1) is 5.92 Å². The van der Waals surface area contributed by atoms with E-state index in [9.17, 15) is 14.4 Å². The van der Waals surface area contributed by atoms with Crippen molar-refractivity contribution in [2.24, 2.45) is 5.92 Å². The van der Waals surface area contributed by atoms with E-state index in [4.69, 9.17) is 4.74 Å². The van der Waals surface area contributed by atoms with E-state index in [-0.39, 0.29) is 23.2 Å². The molecule has 0 saturated heterocycles. The van der Waals surface area contributed by atoms with E-state index in [1.807, 2.05) is 0 Å². The molecule has 0 radical (unpaired) electrons. The molecule has 0 unspecified atom stereocenters. The molecule has 7 nitrogen and oxygen atoms in total. The minimum Gasteiger partial charge on any atom is -0.448 e. The Hall–Kier alpha value is -2.70. The number of aryl methyl sites for hydroxylation is 1. The summed E-state index contributed by atoms with van der Waals surface area (Å²) in [4.78, 5) is 37.6. The summed E-state index contributed by atoms with van der Waals surface area (Å²) in [6.45, 7) is 5.79. The van der Waals surface area contributed by atoms with Gasteiger partial charge >= 0.3 is 5.97 Å². The third kappa shape index (κ3) is 4.08. The third-order valence-corrected chi connectivity index (χ3v) is 5.45. The molecule has 1 aromatic heterocycles. The minimum atomic E-state index is -0.941. The van der Waals surface area contributed by atoms with Gasteiger partial charge < -0.3 is 10.1 Å². The highest BCUT2D eigenvalue weighted by molar-refractivity contribution is 6.02. The van der Waals surface area contributed by atoms with Crippen molar-refractivity contribution in [3.63, 3.8) is 0 Å². The van der Waals surface area contributed by atoms with Crippen LogP contribution in [-0.4, -0.2) is 33.8 Å². The van der Waals surface area contributed by atoms with Gasteiger partial charge in [0, 0.05) is 18.0 Å². The lowest BCUT2D eigenvalue weighted by Crippen LogP contribution is -2.46. The van der Waals surface area contributed by atoms with Crippen LogP contribution in [0.5, 0.6) is 0 Å². The lowest BCUT2D eigenvalue weighted by atomic mass is 9.86. The highest BCUT2D eigenvalue weighted by atomic mass is 16.5. The lowest BCUT2D eigenvalue weighted by Gasteiger charge is -2.30. The van der Waals surface area contributed by atoms with Crippen LogP contribution in [-0.2, 0) is 16.1 Å². The first kappa shape index (κ1) is 20.0. The Morgan fingerprint density at radius 1 is 1.25 bits per heavy atom. The van der Waals surface area contributed by atoms with Crippen molar-refractivity contribution in [3.05, 3.63) is 40.3 Å². The Bertz CT molecular complexity index is 937.